The average Bonchev–Trinajstić information content (AvgIpc) is 2.46. The molecule has 1 N–H and O–H groups in total. The van der Waals surface area contributed by atoms with Crippen molar-refractivity contribution in [3.63, 3.8) is 0 Å². The Bertz CT molecular complexity index is 298. The first-order valence-corrected chi connectivity index (χ1v) is 8.56. The van der Waals surface area contributed by atoms with Gasteiger partial charge in [-0.25, -0.2) is 0 Å². The molecular weight excluding hydrogens is 277 g/mol. The number of halogens is 3. The van der Waals surface area contributed by atoms with E-state index in [4.69, 9.17) is 0 Å². The summed E-state index contributed by atoms with van der Waals surface area (Å²) in [5.74, 6) is -1.13. The van der Waals surface area contributed by atoms with Crippen LogP contribution in [0.15, 0.2) is 0 Å². The summed E-state index contributed by atoms with van der Waals surface area (Å²) in [7, 11) is 0. The quantitative estimate of drug-likeness (QED) is 0.827. The van der Waals surface area contributed by atoms with Crippen LogP contribution in [0, 0.1) is 5.92 Å². The summed E-state index contributed by atoms with van der Waals surface area (Å²) in [6.07, 6.45) is 2.99. The first-order chi connectivity index (χ1) is 10.0. The van der Waals surface area contributed by atoms with E-state index in [2.05, 4.69) is 17.1 Å². The minimum atomic E-state index is -4.04. The maximum absolute atomic E-state index is 13.1. The molecule has 1 aliphatic heterocycles. The smallest absolute Gasteiger partial charge is 0.311 e. The van der Waals surface area contributed by atoms with E-state index in [1.165, 1.54) is 12.8 Å². The highest BCUT2D eigenvalue weighted by Gasteiger charge is 2.45. The number of nitrogens with zero attached hydrogens (tertiary/aromatic N) is 1. The standard InChI is InChI=1S/C16H29F3N2/c1-2-3-10-21-11-8-13(9-12-21)20-15-7-5-4-6-14(15)16(17,18)19/h13-15,20H,2-12H2,1H3. The Hall–Kier alpha value is -0.290. The van der Waals surface area contributed by atoms with Gasteiger partial charge in [-0.15, -0.1) is 0 Å². The molecule has 0 aromatic carbocycles. The molecule has 0 bridgehead atoms. The molecule has 1 aliphatic carbocycles. The Labute approximate surface area is 126 Å². The molecule has 0 spiro atoms. The third-order valence-electron chi connectivity index (χ3n) is 5.05. The Kier molecular flexibility index (Phi) is 6.35. The van der Waals surface area contributed by atoms with Crippen LogP contribution in [0.5, 0.6) is 0 Å². The van der Waals surface area contributed by atoms with Gasteiger partial charge in [-0.05, 0) is 51.7 Å². The summed E-state index contributed by atoms with van der Waals surface area (Å²) in [6, 6.07) is -0.0817. The molecule has 5 heteroatoms. The monoisotopic (exact) mass is 306 g/mol. The van der Waals surface area contributed by atoms with Gasteiger partial charge < -0.3 is 10.2 Å². The van der Waals surface area contributed by atoms with E-state index in [-0.39, 0.29) is 12.1 Å². The summed E-state index contributed by atoms with van der Waals surface area (Å²) in [4.78, 5) is 2.45. The molecule has 21 heavy (non-hydrogen) atoms. The van der Waals surface area contributed by atoms with Crippen molar-refractivity contribution in [2.45, 2.75) is 76.6 Å². The molecule has 2 unspecified atom stereocenters. The molecule has 2 aliphatic rings. The molecule has 2 fully saturated rings. The lowest BCUT2D eigenvalue weighted by molar-refractivity contribution is -0.189. The number of rotatable bonds is 5. The van der Waals surface area contributed by atoms with Crippen LogP contribution in [0.3, 0.4) is 0 Å². The van der Waals surface area contributed by atoms with Crippen LogP contribution in [0.25, 0.3) is 0 Å². The van der Waals surface area contributed by atoms with Crippen LogP contribution in [0.2, 0.25) is 0 Å². The molecular formula is C16H29F3N2. The van der Waals surface area contributed by atoms with Gasteiger partial charge >= 0.3 is 6.18 Å². The van der Waals surface area contributed by atoms with Crippen LogP contribution in [-0.4, -0.2) is 42.8 Å². The Balaban J connectivity index is 1.79. The lowest BCUT2D eigenvalue weighted by atomic mass is 9.83. The number of piperidine rings is 1. The van der Waals surface area contributed by atoms with Crippen LogP contribution >= 0.6 is 0 Å². The predicted molar refractivity (Wildman–Crippen MR) is 79.3 cm³/mol. The molecule has 0 aromatic rings. The molecule has 2 rings (SSSR count). The third kappa shape index (κ3) is 5.13. The fourth-order valence-corrected chi connectivity index (χ4v) is 3.73. The molecule has 1 saturated carbocycles. The van der Waals surface area contributed by atoms with E-state index in [1.54, 1.807) is 0 Å². The molecule has 0 radical (unpaired) electrons. The predicted octanol–water partition coefficient (Wildman–Crippen LogP) is 3.96. The van der Waals surface area contributed by atoms with Crippen molar-refractivity contribution in [2.24, 2.45) is 5.92 Å². The summed E-state index contributed by atoms with van der Waals surface area (Å²) < 4.78 is 39.3. The van der Waals surface area contributed by atoms with Crippen molar-refractivity contribution >= 4 is 0 Å². The van der Waals surface area contributed by atoms with E-state index in [0.717, 1.165) is 45.3 Å². The zero-order valence-corrected chi connectivity index (χ0v) is 13.1. The van der Waals surface area contributed by atoms with Gasteiger partial charge in [0.25, 0.3) is 0 Å². The summed E-state index contributed by atoms with van der Waals surface area (Å²) in [5.41, 5.74) is 0. The number of unbranched alkanes of at least 4 members (excludes halogenated alkanes) is 1. The highest BCUT2D eigenvalue weighted by atomic mass is 19.4. The third-order valence-corrected chi connectivity index (χ3v) is 5.05. The van der Waals surface area contributed by atoms with E-state index >= 15 is 0 Å². The molecule has 0 aromatic heterocycles. The van der Waals surface area contributed by atoms with E-state index in [1.807, 2.05) is 0 Å². The molecule has 2 atom stereocenters. The Morgan fingerprint density at radius 1 is 1.05 bits per heavy atom. The molecule has 1 saturated heterocycles. The SMILES string of the molecule is CCCCN1CCC(NC2CCCCC2C(F)(F)F)CC1. The Morgan fingerprint density at radius 3 is 2.33 bits per heavy atom. The van der Waals surface area contributed by atoms with Crippen LogP contribution in [0.4, 0.5) is 13.2 Å². The molecule has 124 valence electrons. The minimum Gasteiger partial charge on any atom is -0.311 e. The number of likely N-dealkylation sites (tertiary alicyclic amines) is 1. The molecule has 0 amide bonds. The van der Waals surface area contributed by atoms with Gasteiger partial charge in [-0.2, -0.15) is 13.2 Å². The van der Waals surface area contributed by atoms with Crippen molar-refractivity contribution in [3.8, 4) is 0 Å². The zero-order chi connectivity index (χ0) is 15.3. The summed E-state index contributed by atoms with van der Waals surface area (Å²) in [5, 5.41) is 3.34. The van der Waals surface area contributed by atoms with Gasteiger partial charge in [-0.1, -0.05) is 26.2 Å². The normalized spacial score (nSPS) is 29.7. The summed E-state index contributed by atoms with van der Waals surface area (Å²) >= 11 is 0. The van der Waals surface area contributed by atoms with Gasteiger partial charge in [0.05, 0.1) is 5.92 Å². The van der Waals surface area contributed by atoms with Crippen LogP contribution < -0.4 is 5.32 Å². The fraction of sp³-hybridized carbons (Fsp3) is 1.00. The van der Waals surface area contributed by atoms with Gasteiger partial charge in [0.1, 0.15) is 0 Å². The maximum Gasteiger partial charge on any atom is 0.393 e. The topological polar surface area (TPSA) is 15.3 Å². The second kappa shape index (κ2) is 7.82. The number of hydrogen-bond acceptors (Lipinski definition) is 2. The van der Waals surface area contributed by atoms with Gasteiger partial charge in [-0.3, -0.25) is 0 Å². The first kappa shape index (κ1) is 17.1. The van der Waals surface area contributed by atoms with Crippen LogP contribution in [0.1, 0.15) is 58.3 Å². The van der Waals surface area contributed by atoms with Crippen LogP contribution in [-0.2, 0) is 0 Å². The zero-order valence-electron chi connectivity index (χ0n) is 13.1. The average molecular weight is 306 g/mol. The Morgan fingerprint density at radius 2 is 1.71 bits per heavy atom. The second-order valence-electron chi connectivity index (χ2n) is 6.68. The highest BCUT2D eigenvalue weighted by Crippen LogP contribution is 2.38. The molecule has 1 heterocycles. The molecule has 2 nitrogen and oxygen atoms in total. The number of hydrogen-bond donors (Lipinski definition) is 1. The lowest BCUT2D eigenvalue weighted by Crippen LogP contribution is -2.52. The summed E-state index contributed by atoms with van der Waals surface area (Å²) in [6.45, 7) is 5.38. The van der Waals surface area contributed by atoms with E-state index in [0.29, 0.717) is 12.8 Å². The number of nitrogens with one attached hydrogen (secondary N) is 1. The van der Waals surface area contributed by atoms with E-state index < -0.39 is 12.1 Å². The minimum absolute atomic E-state index is 0.274. The van der Waals surface area contributed by atoms with Crippen molar-refractivity contribution < 1.29 is 13.2 Å². The van der Waals surface area contributed by atoms with Crippen molar-refractivity contribution in [2.75, 3.05) is 19.6 Å². The highest BCUT2D eigenvalue weighted by molar-refractivity contribution is 4.89. The van der Waals surface area contributed by atoms with Gasteiger partial charge in [0.2, 0.25) is 0 Å². The van der Waals surface area contributed by atoms with Crippen molar-refractivity contribution in [3.05, 3.63) is 0 Å². The fourth-order valence-electron chi connectivity index (χ4n) is 3.73. The van der Waals surface area contributed by atoms with Crippen molar-refractivity contribution in [1.29, 1.82) is 0 Å². The lowest BCUT2D eigenvalue weighted by Gasteiger charge is -2.39. The maximum atomic E-state index is 13.1. The van der Waals surface area contributed by atoms with E-state index in [9.17, 15) is 13.2 Å². The largest absolute Gasteiger partial charge is 0.393 e. The van der Waals surface area contributed by atoms with Gasteiger partial charge in [0, 0.05) is 12.1 Å². The second-order valence-corrected chi connectivity index (χ2v) is 6.68. The number of alkyl halides is 3. The first-order valence-electron chi connectivity index (χ1n) is 8.56. The van der Waals surface area contributed by atoms with Crippen molar-refractivity contribution in [1.82, 2.24) is 10.2 Å². The van der Waals surface area contributed by atoms with Gasteiger partial charge in [0.15, 0.2) is 0 Å².